The number of ether oxygens (including phenoxy) is 1. The van der Waals surface area contributed by atoms with Crippen LogP contribution in [0.2, 0.25) is 0 Å². The lowest BCUT2D eigenvalue weighted by Gasteiger charge is -2.00. The maximum Gasteiger partial charge on any atom is 0.269 e. The minimum Gasteiger partial charge on any atom is -0.480 e. The molecule has 0 saturated carbocycles. The molecule has 1 rings (SSSR count). The Bertz CT molecular complexity index is 427. The second-order valence-corrected chi connectivity index (χ2v) is 5.72. The van der Waals surface area contributed by atoms with Gasteiger partial charge >= 0.3 is 0 Å². The summed E-state index contributed by atoms with van der Waals surface area (Å²) in [6.45, 7) is 0. The van der Waals surface area contributed by atoms with Gasteiger partial charge in [-0.15, -0.1) is 0 Å². The van der Waals surface area contributed by atoms with Gasteiger partial charge in [-0.3, -0.25) is 0 Å². The number of rotatable bonds is 2. The Morgan fingerprint density at radius 3 is 2.46 bits per heavy atom. The molecule has 8 heteroatoms. The molecule has 0 fully saturated rings. The van der Waals surface area contributed by atoms with E-state index in [2.05, 4.69) is 5.10 Å². The lowest BCUT2D eigenvalue weighted by molar-refractivity contribution is 0.363. The van der Waals surface area contributed by atoms with Crippen molar-refractivity contribution in [2.45, 2.75) is 4.90 Å². The van der Waals surface area contributed by atoms with Crippen LogP contribution in [0.5, 0.6) is 5.88 Å². The predicted molar refractivity (Wildman–Crippen MR) is 55.5 cm³/mol. The first kappa shape index (κ1) is 11.1. The molecule has 0 atom stereocenters. The van der Waals surface area contributed by atoms with Crippen LogP contribution in [0.25, 0.3) is 0 Å². The smallest absolute Gasteiger partial charge is 0.269 e. The topological polar surface area (TPSA) is 61.2 Å². The van der Waals surface area contributed by atoms with Gasteiger partial charge in [0.2, 0.25) is 5.88 Å². The Labute approximate surface area is 93.6 Å². The van der Waals surface area contributed by atoms with Crippen LogP contribution in [0, 0.1) is 3.70 Å². The zero-order valence-corrected chi connectivity index (χ0v) is 10.5. The van der Waals surface area contributed by atoms with Crippen LogP contribution < -0.4 is 4.74 Å². The third-order valence-corrected chi connectivity index (χ3v) is 3.79. The van der Waals surface area contributed by atoms with Crippen molar-refractivity contribution in [3.8, 4) is 5.88 Å². The van der Waals surface area contributed by atoms with Crippen molar-refractivity contribution in [1.29, 1.82) is 0 Å². The number of aryl methyl sites for hydroxylation is 1. The summed E-state index contributed by atoms with van der Waals surface area (Å²) in [5, 5.41) is 3.86. The number of methoxy groups -OCH3 is 1. The third-order valence-electron chi connectivity index (χ3n) is 1.35. The molecule has 74 valence electrons. The van der Waals surface area contributed by atoms with Gasteiger partial charge in [0.05, 0.1) is 7.11 Å². The Morgan fingerprint density at radius 2 is 2.15 bits per heavy atom. The molecule has 0 spiro atoms. The van der Waals surface area contributed by atoms with Gasteiger partial charge < -0.3 is 4.74 Å². The van der Waals surface area contributed by atoms with E-state index in [1.54, 1.807) is 29.6 Å². The lowest BCUT2D eigenvalue weighted by atomic mass is 10.7. The molecular weight excluding hydrogens is 330 g/mol. The number of aromatic nitrogens is 2. The standard InChI is InChI=1S/C5H6ClIN2O3S/c1-9-5(12-2)3(4(7)8-9)13(6,10)11/h1-2H3. The number of hydrogen-bond donors (Lipinski definition) is 0. The molecule has 1 aromatic rings. The first-order chi connectivity index (χ1) is 5.88. The van der Waals surface area contributed by atoms with Crippen molar-refractivity contribution >= 4 is 42.3 Å². The molecule has 0 saturated heterocycles. The lowest BCUT2D eigenvalue weighted by Crippen LogP contribution is -1.98. The van der Waals surface area contributed by atoms with Crippen molar-refractivity contribution in [2.24, 2.45) is 7.05 Å². The highest BCUT2D eigenvalue weighted by molar-refractivity contribution is 14.1. The summed E-state index contributed by atoms with van der Waals surface area (Å²) in [5.74, 6) is 0.138. The highest BCUT2D eigenvalue weighted by Crippen LogP contribution is 2.30. The summed E-state index contributed by atoms with van der Waals surface area (Å²) >= 11 is 1.78. The Hall–Kier alpha value is -0.0200. The zero-order chi connectivity index (χ0) is 10.2. The first-order valence-corrected chi connectivity index (χ1v) is 6.48. The van der Waals surface area contributed by atoms with Crippen LogP contribution in [0.4, 0.5) is 0 Å². The molecular formula is C5H6ClIN2O3S. The van der Waals surface area contributed by atoms with Crippen LogP contribution in [0.1, 0.15) is 0 Å². The van der Waals surface area contributed by atoms with E-state index >= 15 is 0 Å². The van der Waals surface area contributed by atoms with E-state index in [1.165, 1.54) is 11.8 Å². The third kappa shape index (κ3) is 2.08. The molecule has 1 aromatic heterocycles. The second-order valence-electron chi connectivity index (χ2n) is 2.19. The van der Waals surface area contributed by atoms with Gasteiger partial charge in [-0.05, 0) is 22.6 Å². The molecule has 0 aromatic carbocycles. The Balaban J connectivity index is 3.52. The SMILES string of the molecule is COc1c(S(=O)(=O)Cl)c(I)nn1C. The van der Waals surface area contributed by atoms with Gasteiger partial charge in [-0.25, -0.2) is 13.1 Å². The van der Waals surface area contributed by atoms with Crippen LogP contribution in [0.3, 0.4) is 0 Å². The van der Waals surface area contributed by atoms with E-state index in [-0.39, 0.29) is 10.8 Å². The van der Waals surface area contributed by atoms with Crippen LogP contribution in [-0.4, -0.2) is 25.3 Å². The largest absolute Gasteiger partial charge is 0.480 e. The molecule has 0 unspecified atom stereocenters. The molecule has 0 amide bonds. The maximum atomic E-state index is 11.1. The van der Waals surface area contributed by atoms with Crippen LogP contribution in [0.15, 0.2) is 4.90 Å². The van der Waals surface area contributed by atoms with Crippen molar-refractivity contribution in [3.63, 3.8) is 0 Å². The number of hydrogen-bond acceptors (Lipinski definition) is 4. The molecule has 0 bridgehead atoms. The van der Waals surface area contributed by atoms with E-state index in [4.69, 9.17) is 15.4 Å². The average molecular weight is 337 g/mol. The fourth-order valence-corrected chi connectivity index (χ4v) is 3.79. The fourth-order valence-electron chi connectivity index (χ4n) is 0.887. The molecule has 5 nitrogen and oxygen atoms in total. The number of halogens is 2. The summed E-state index contributed by atoms with van der Waals surface area (Å²) in [6.07, 6.45) is 0. The highest BCUT2D eigenvalue weighted by Gasteiger charge is 2.25. The fraction of sp³-hybridized carbons (Fsp3) is 0.400. The predicted octanol–water partition coefficient (Wildman–Crippen LogP) is 0.961. The zero-order valence-electron chi connectivity index (χ0n) is 6.78. The molecule has 1 heterocycles. The van der Waals surface area contributed by atoms with Gasteiger partial charge in [0, 0.05) is 17.7 Å². The van der Waals surface area contributed by atoms with Crippen molar-refractivity contribution < 1.29 is 13.2 Å². The van der Waals surface area contributed by atoms with E-state index in [9.17, 15) is 8.42 Å². The van der Waals surface area contributed by atoms with E-state index < -0.39 is 9.05 Å². The second kappa shape index (κ2) is 3.62. The summed E-state index contributed by atoms with van der Waals surface area (Å²) < 4.78 is 28.6. The average Bonchev–Trinajstić information content (AvgIpc) is 2.23. The Kier molecular flexibility index (Phi) is 3.08. The first-order valence-electron chi connectivity index (χ1n) is 3.09. The van der Waals surface area contributed by atoms with Gasteiger partial charge in [0.15, 0.2) is 4.90 Å². The molecule has 0 radical (unpaired) electrons. The van der Waals surface area contributed by atoms with Crippen LogP contribution in [-0.2, 0) is 16.1 Å². The number of nitrogens with zero attached hydrogens (tertiary/aromatic N) is 2. The quantitative estimate of drug-likeness (QED) is 0.596. The molecule has 0 aliphatic carbocycles. The molecule has 0 aliphatic heterocycles. The van der Waals surface area contributed by atoms with Crippen molar-refractivity contribution in [2.75, 3.05) is 7.11 Å². The highest BCUT2D eigenvalue weighted by atomic mass is 127. The summed E-state index contributed by atoms with van der Waals surface area (Å²) in [7, 11) is 4.33. The molecule has 0 aliphatic rings. The normalized spacial score (nSPS) is 11.7. The monoisotopic (exact) mass is 336 g/mol. The Morgan fingerprint density at radius 1 is 1.62 bits per heavy atom. The van der Waals surface area contributed by atoms with Gasteiger partial charge in [-0.1, -0.05) is 0 Å². The minimum absolute atomic E-state index is 0.0835. The van der Waals surface area contributed by atoms with Crippen molar-refractivity contribution in [1.82, 2.24) is 9.78 Å². The van der Waals surface area contributed by atoms with Crippen molar-refractivity contribution in [3.05, 3.63) is 3.70 Å². The molecule has 13 heavy (non-hydrogen) atoms. The molecule has 0 N–H and O–H groups in total. The summed E-state index contributed by atoms with van der Waals surface area (Å²) in [6, 6.07) is 0. The summed E-state index contributed by atoms with van der Waals surface area (Å²) in [4.78, 5) is -0.0835. The van der Waals surface area contributed by atoms with Gasteiger partial charge in [0.25, 0.3) is 9.05 Å². The van der Waals surface area contributed by atoms with Crippen LogP contribution >= 0.6 is 33.3 Å². The van der Waals surface area contributed by atoms with E-state index in [0.717, 1.165) is 0 Å². The summed E-state index contributed by atoms with van der Waals surface area (Å²) in [5.41, 5.74) is 0. The maximum absolute atomic E-state index is 11.1. The van der Waals surface area contributed by atoms with Gasteiger partial charge in [0.1, 0.15) is 3.70 Å². The van der Waals surface area contributed by atoms with E-state index in [0.29, 0.717) is 3.70 Å². The minimum atomic E-state index is -3.80. The van der Waals surface area contributed by atoms with E-state index in [1.807, 2.05) is 0 Å². The van der Waals surface area contributed by atoms with Gasteiger partial charge in [-0.2, -0.15) is 5.10 Å².